The lowest BCUT2D eigenvalue weighted by atomic mass is 9.92. The van der Waals surface area contributed by atoms with E-state index in [1.54, 1.807) is 23.4 Å². The molecule has 0 aliphatic carbocycles. The van der Waals surface area contributed by atoms with Crippen LogP contribution in [0.15, 0.2) is 77.5 Å². The summed E-state index contributed by atoms with van der Waals surface area (Å²) in [4.78, 5) is 32.0. The second kappa shape index (κ2) is 8.90. The molecule has 6 nitrogen and oxygen atoms in total. The second-order valence-corrected chi connectivity index (χ2v) is 8.49. The molecule has 1 N–H and O–H groups in total. The number of benzene rings is 2. The molecule has 166 valence electrons. The molecule has 1 aliphatic rings. The van der Waals surface area contributed by atoms with E-state index in [2.05, 4.69) is 16.4 Å². The van der Waals surface area contributed by atoms with Crippen LogP contribution < -0.4 is 5.32 Å². The van der Waals surface area contributed by atoms with Crippen LogP contribution in [0.25, 0.3) is 22.1 Å². The first-order chi connectivity index (χ1) is 16.1. The first-order valence-corrected chi connectivity index (χ1v) is 11.1. The number of hydrogen-bond acceptors (Lipinski definition) is 4. The van der Waals surface area contributed by atoms with Crippen molar-refractivity contribution in [2.45, 2.75) is 13.3 Å². The van der Waals surface area contributed by atoms with Gasteiger partial charge in [0.05, 0.1) is 5.92 Å². The molecule has 1 aliphatic heterocycles. The van der Waals surface area contributed by atoms with Crippen molar-refractivity contribution in [3.8, 4) is 11.1 Å². The van der Waals surface area contributed by atoms with Gasteiger partial charge in [-0.25, -0.2) is 0 Å². The van der Waals surface area contributed by atoms with E-state index < -0.39 is 0 Å². The number of hydrogen-bond donors (Lipinski definition) is 1. The van der Waals surface area contributed by atoms with E-state index in [0.717, 1.165) is 27.6 Å². The molecular formula is C27H25N3O3. The maximum Gasteiger partial charge on any atom is 0.289 e. The van der Waals surface area contributed by atoms with Gasteiger partial charge in [0.2, 0.25) is 5.91 Å². The number of aromatic nitrogens is 1. The average Bonchev–Trinajstić information content (AvgIpc) is 3.17. The summed E-state index contributed by atoms with van der Waals surface area (Å²) in [6, 6.07) is 19.6. The molecule has 4 aromatic rings. The Morgan fingerprint density at radius 3 is 2.79 bits per heavy atom. The van der Waals surface area contributed by atoms with Crippen LogP contribution in [0.2, 0.25) is 0 Å². The van der Waals surface area contributed by atoms with Crippen molar-refractivity contribution in [2.24, 2.45) is 5.92 Å². The van der Waals surface area contributed by atoms with Crippen LogP contribution in [0.3, 0.4) is 0 Å². The largest absolute Gasteiger partial charge is 0.451 e. The van der Waals surface area contributed by atoms with Crippen LogP contribution in [0, 0.1) is 12.8 Å². The molecular weight excluding hydrogens is 414 g/mol. The number of rotatable bonds is 4. The fraction of sp³-hybridized carbons (Fsp3) is 0.222. The molecule has 6 heteroatoms. The monoisotopic (exact) mass is 439 g/mol. The third-order valence-corrected chi connectivity index (χ3v) is 6.14. The Hall–Kier alpha value is -3.93. The molecule has 1 fully saturated rings. The summed E-state index contributed by atoms with van der Waals surface area (Å²) in [5.74, 6) is -0.269. The highest BCUT2D eigenvalue weighted by Gasteiger charge is 2.30. The van der Waals surface area contributed by atoms with E-state index in [1.807, 2.05) is 55.5 Å². The minimum atomic E-state index is -0.355. The van der Waals surface area contributed by atoms with Crippen molar-refractivity contribution < 1.29 is 14.0 Å². The Morgan fingerprint density at radius 1 is 1.12 bits per heavy atom. The highest BCUT2D eigenvalue weighted by molar-refractivity contribution is 5.96. The lowest BCUT2D eigenvalue weighted by Gasteiger charge is -2.23. The van der Waals surface area contributed by atoms with E-state index in [0.29, 0.717) is 37.4 Å². The normalized spacial score (nSPS) is 16.5. The van der Waals surface area contributed by atoms with Crippen molar-refractivity contribution in [3.63, 3.8) is 0 Å². The lowest BCUT2D eigenvalue weighted by Crippen LogP contribution is -2.37. The predicted octanol–water partition coefficient (Wildman–Crippen LogP) is 4.23. The minimum absolute atomic E-state index is 0.0323. The zero-order valence-electron chi connectivity index (χ0n) is 18.5. The summed E-state index contributed by atoms with van der Waals surface area (Å²) in [5.41, 5.74) is 5.00. The Kier molecular flexibility index (Phi) is 5.65. The predicted molar refractivity (Wildman–Crippen MR) is 127 cm³/mol. The quantitative estimate of drug-likeness (QED) is 0.516. The first-order valence-electron chi connectivity index (χ1n) is 11.1. The van der Waals surface area contributed by atoms with Crippen LogP contribution in [0.5, 0.6) is 0 Å². The van der Waals surface area contributed by atoms with E-state index >= 15 is 0 Å². The minimum Gasteiger partial charge on any atom is -0.451 e. The fourth-order valence-electron chi connectivity index (χ4n) is 4.44. The SMILES string of the molecule is Cc1ccc2oc(C(=O)N3CCNC(=O)[C@@H](Cc4ccccc4-c4ccncc4)C3)cc2c1. The maximum absolute atomic E-state index is 13.3. The Morgan fingerprint density at radius 2 is 1.94 bits per heavy atom. The second-order valence-electron chi connectivity index (χ2n) is 8.49. The van der Waals surface area contributed by atoms with Gasteiger partial charge in [0.1, 0.15) is 5.58 Å². The third-order valence-electron chi connectivity index (χ3n) is 6.14. The number of pyridine rings is 1. The van der Waals surface area contributed by atoms with Crippen LogP contribution in [-0.2, 0) is 11.2 Å². The molecule has 1 saturated heterocycles. The molecule has 0 spiro atoms. The summed E-state index contributed by atoms with van der Waals surface area (Å²) in [7, 11) is 0. The third kappa shape index (κ3) is 4.37. The van der Waals surface area contributed by atoms with Gasteiger partial charge in [-0.15, -0.1) is 0 Å². The van der Waals surface area contributed by atoms with Crippen molar-refractivity contribution in [1.82, 2.24) is 15.2 Å². The van der Waals surface area contributed by atoms with Gasteiger partial charge in [-0.1, -0.05) is 35.9 Å². The zero-order valence-corrected chi connectivity index (χ0v) is 18.5. The molecule has 0 unspecified atom stereocenters. The van der Waals surface area contributed by atoms with Gasteiger partial charge in [0.15, 0.2) is 5.76 Å². The summed E-state index contributed by atoms with van der Waals surface area (Å²) in [6.07, 6.45) is 4.06. The standard InChI is InChI=1S/C27H25N3O3/c1-18-6-7-24-21(14-18)16-25(33-24)27(32)30-13-12-29-26(31)22(17-30)15-20-4-2-3-5-23(20)19-8-10-28-11-9-19/h2-11,14,16,22H,12-13,15,17H2,1H3,(H,29,31)/t22-/m0/s1. The average molecular weight is 440 g/mol. The van der Waals surface area contributed by atoms with Gasteiger partial charge in [0.25, 0.3) is 5.91 Å². The number of carbonyl (C=O) groups excluding carboxylic acids is 2. The Bertz CT molecular complexity index is 1310. The van der Waals surface area contributed by atoms with Crippen molar-refractivity contribution >= 4 is 22.8 Å². The number of aryl methyl sites for hydroxylation is 1. The molecule has 0 bridgehead atoms. The highest BCUT2D eigenvalue weighted by Crippen LogP contribution is 2.27. The molecule has 5 rings (SSSR count). The van der Waals surface area contributed by atoms with Gasteiger partial charge in [-0.2, -0.15) is 0 Å². The molecule has 2 amide bonds. The van der Waals surface area contributed by atoms with Crippen molar-refractivity contribution in [1.29, 1.82) is 0 Å². The topological polar surface area (TPSA) is 75.4 Å². The fourth-order valence-corrected chi connectivity index (χ4v) is 4.44. The first kappa shape index (κ1) is 20.9. The van der Waals surface area contributed by atoms with Crippen LogP contribution in [-0.4, -0.2) is 41.3 Å². The van der Waals surface area contributed by atoms with E-state index in [9.17, 15) is 9.59 Å². The maximum atomic E-state index is 13.3. The number of amides is 2. The van der Waals surface area contributed by atoms with Gasteiger partial charge >= 0.3 is 0 Å². The van der Waals surface area contributed by atoms with Crippen LogP contribution in [0.4, 0.5) is 0 Å². The highest BCUT2D eigenvalue weighted by atomic mass is 16.3. The molecule has 2 aromatic heterocycles. The Balaban J connectivity index is 1.40. The number of nitrogens with zero attached hydrogens (tertiary/aromatic N) is 2. The lowest BCUT2D eigenvalue weighted by molar-refractivity contribution is -0.124. The van der Waals surface area contributed by atoms with Gasteiger partial charge < -0.3 is 14.6 Å². The van der Waals surface area contributed by atoms with Crippen molar-refractivity contribution in [3.05, 3.63) is 89.9 Å². The summed E-state index contributed by atoms with van der Waals surface area (Å²) < 4.78 is 5.83. The van der Waals surface area contributed by atoms with Gasteiger partial charge in [-0.05, 0) is 60.4 Å². The summed E-state index contributed by atoms with van der Waals surface area (Å²) in [5, 5.41) is 3.88. The van der Waals surface area contributed by atoms with E-state index in [4.69, 9.17) is 4.42 Å². The Labute approximate surface area is 192 Å². The molecule has 1 atom stereocenters. The van der Waals surface area contributed by atoms with E-state index in [1.165, 1.54) is 0 Å². The number of furan rings is 1. The van der Waals surface area contributed by atoms with E-state index in [-0.39, 0.29) is 17.7 Å². The van der Waals surface area contributed by atoms with Gasteiger partial charge in [-0.3, -0.25) is 14.6 Å². The summed E-state index contributed by atoms with van der Waals surface area (Å²) >= 11 is 0. The molecule has 2 aromatic carbocycles. The molecule has 3 heterocycles. The van der Waals surface area contributed by atoms with Gasteiger partial charge in [0, 0.05) is 37.4 Å². The number of fused-ring (bicyclic) bond motifs is 1. The molecule has 0 saturated carbocycles. The number of nitrogens with one attached hydrogen (secondary N) is 1. The zero-order chi connectivity index (χ0) is 22.8. The molecule has 33 heavy (non-hydrogen) atoms. The smallest absolute Gasteiger partial charge is 0.289 e. The van der Waals surface area contributed by atoms with Crippen LogP contribution >= 0.6 is 0 Å². The number of carbonyl (C=O) groups is 2. The van der Waals surface area contributed by atoms with Crippen LogP contribution in [0.1, 0.15) is 21.7 Å². The van der Waals surface area contributed by atoms with Crippen molar-refractivity contribution in [2.75, 3.05) is 19.6 Å². The summed E-state index contributed by atoms with van der Waals surface area (Å²) in [6.45, 7) is 3.22. The molecule has 0 radical (unpaired) electrons.